The van der Waals surface area contributed by atoms with Crippen molar-refractivity contribution in [1.82, 2.24) is 0 Å². The Hall–Kier alpha value is -1.43. The molecule has 4 aliphatic carbocycles. The predicted octanol–water partition coefficient (Wildman–Crippen LogP) is 3.84. The number of hydrogen-bond donors (Lipinski definition) is 0. The molecule has 4 fully saturated rings. The van der Waals surface area contributed by atoms with Crippen LogP contribution in [0, 0.1) is 28.6 Å². The Labute approximate surface area is 179 Å². The summed E-state index contributed by atoms with van der Waals surface area (Å²) in [6.07, 6.45) is 6.18. The molecule has 4 saturated carbocycles. The Bertz CT molecular complexity index is 748. The molecule has 0 aromatic carbocycles. The molecule has 0 spiro atoms. The second-order valence-corrected chi connectivity index (χ2v) is 10.6. The van der Waals surface area contributed by atoms with Crippen molar-refractivity contribution < 1.29 is 28.6 Å². The molecule has 0 aromatic heterocycles. The third kappa shape index (κ3) is 2.96. The van der Waals surface area contributed by atoms with Crippen molar-refractivity contribution in [2.45, 2.75) is 96.9 Å². The molecule has 0 amide bonds. The number of ketones is 1. The molecule has 4 aliphatic rings. The highest BCUT2D eigenvalue weighted by molar-refractivity contribution is 5.90. The number of ether oxygens (including phenoxy) is 3. The van der Waals surface area contributed by atoms with Crippen LogP contribution in [0.3, 0.4) is 0 Å². The SMILES string of the molecule is CO[C@]12C[C@@H](OC(C)=O)CC[C@]1(C)C1CC[C@@]3(C)C(CC[C@@H]3OC(C)=O)[C@@H]1CC2=O. The van der Waals surface area contributed by atoms with E-state index >= 15 is 0 Å². The van der Waals surface area contributed by atoms with Gasteiger partial charge in [-0.15, -0.1) is 0 Å². The van der Waals surface area contributed by atoms with Gasteiger partial charge in [-0.3, -0.25) is 14.4 Å². The molecule has 0 radical (unpaired) electrons. The zero-order valence-corrected chi connectivity index (χ0v) is 19.0. The summed E-state index contributed by atoms with van der Waals surface area (Å²) in [6, 6.07) is 0. The maximum Gasteiger partial charge on any atom is 0.302 e. The highest BCUT2D eigenvalue weighted by atomic mass is 16.6. The van der Waals surface area contributed by atoms with Crippen LogP contribution >= 0.6 is 0 Å². The van der Waals surface area contributed by atoms with Crippen molar-refractivity contribution >= 4 is 17.7 Å². The van der Waals surface area contributed by atoms with Crippen molar-refractivity contribution in [3.8, 4) is 0 Å². The van der Waals surface area contributed by atoms with Crippen LogP contribution in [0.4, 0.5) is 0 Å². The van der Waals surface area contributed by atoms with E-state index in [-0.39, 0.29) is 40.8 Å². The second-order valence-electron chi connectivity index (χ2n) is 10.6. The summed E-state index contributed by atoms with van der Waals surface area (Å²) in [5, 5.41) is 0. The van der Waals surface area contributed by atoms with Crippen molar-refractivity contribution in [1.29, 1.82) is 0 Å². The molecule has 0 aromatic rings. The van der Waals surface area contributed by atoms with Crippen molar-refractivity contribution in [2.75, 3.05) is 7.11 Å². The number of fused-ring (bicyclic) bond motifs is 5. The number of esters is 2. The third-order valence-electron chi connectivity index (χ3n) is 9.45. The summed E-state index contributed by atoms with van der Waals surface area (Å²) in [5.74, 6) is 0.732. The van der Waals surface area contributed by atoms with E-state index in [0.29, 0.717) is 30.6 Å². The van der Waals surface area contributed by atoms with E-state index < -0.39 is 5.60 Å². The fourth-order valence-electron chi connectivity index (χ4n) is 8.09. The first-order valence-corrected chi connectivity index (χ1v) is 11.5. The highest BCUT2D eigenvalue weighted by Gasteiger charge is 2.69. The lowest BCUT2D eigenvalue weighted by Gasteiger charge is -2.63. The topological polar surface area (TPSA) is 78.9 Å². The molecule has 0 heterocycles. The minimum Gasteiger partial charge on any atom is -0.462 e. The molecule has 0 N–H and O–H groups in total. The molecule has 8 atom stereocenters. The van der Waals surface area contributed by atoms with Gasteiger partial charge in [0, 0.05) is 44.6 Å². The van der Waals surface area contributed by atoms with Gasteiger partial charge in [-0.05, 0) is 56.3 Å². The van der Waals surface area contributed by atoms with Gasteiger partial charge in [0.2, 0.25) is 0 Å². The molecule has 6 nitrogen and oxygen atoms in total. The summed E-state index contributed by atoms with van der Waals surface area (Å²) in [4.78, 5) is 36.9. The molecule has 0 saturated heterocycles. The van der Waals surface area contributed by atoms with Gasteiger partial charge in [0.05, 0.1) is 0 Å². The maximum absolute atomic E-state index is 13.7. The van der Waals surface area contributed by atoms with Crippen LogP contribution in [0.25, 0.3) is 0 Å². The largest absolute Gasteiger partial charge is 0.462 e. The Morgan fingerprint density at radius 2 is 1.63 bits per heavy atom. The predicted molar refractivity (Wildman–Crippen MR) is 109 cm³/mol. The van der Waals surface area contributed by atoms with Gasteiger partial charge in [-0.1, -0.05) is 13.8 Å². The van der Waals surface area contributed by atoms with Gasteiger partial charge < -0.3 is 14.2 Å². The summed E-state index contributed by atoms with van der Waals surface area (Å²) in [6.45, 7) is 7.41. The van der Waals surface area contributed by atoms with Gasteiger partial charge in [-0.2, -0.15) is 0 Å². The molecule has 4 rings (SSSR count). The molecule has 0 bridgehead atoms. The Balaban J connectivity index is 1.64. The first kappa shape index (κ1) is 21.8. The average molecular weight is 421 g/mol. The molecule has 6 heteroatoms. The number of carbonyl (C=O) groups excluding carboxylic acids is 3. The quantitative estimate of drug-likeness (QED) is 0.646. The smallest absolute Gasteiger partial charge is 0.302 e. The number of rotatable bonds is 3. The summed E-state index contributed by atoms with van der Waals surface area (Å²) >= 11 is 0. The van der Waals surface area contributed by atoms with Crippen LogP contribution in [0.2, 0.25) is 0 Å². The van der Waals surface area contributed by atoms with Crippen LogP contribution in [0.15, 0.2) is 0 Å². The van der Waals surface area contributed by atoms with Gasteiger partial charge in [0.1, 0.15) is 17.8 Å². The van der Waals surface area contributed by atoms with Gasteiger partial charge in [0.15, 0.2) is 5.78 Å². The molecular weight excluding hydrogens is 384 g/mol. The third-order valence-corrected chi connectivity index (χ3v) is 9.45. The minimum absolute atomic E-state index is 0.0438. The van der Waals surface area contributed by atoms with E-state index in [1.165, 1.54) is 13.8 Å². The first-order chi connectivity index (χ1) is 14.1. The van der Waals surface area contributed by atoms with E-state index in [4.69, 9.17) is 14.2 Å². The van der Waals surface area contributed by atoms with Crippen LogP contribution < -0.4 is 0 Å². The average Bonchev–Trinajstić information content (AvgIpc) is 2.98. The van der Waals surface area contributed by atoms with Crippen molar-refractivity contribution in [2.24, 2.45) is 28.6 Å². The van der Waals surface area contributed by atoms with Gasteiger partial charge in [-0.25, -0.2) is 0 Å². The van der Waals surface area contributed by atoms with Gasteiger partial charge in [0.25, 0.3) is 0 Å². The summed E-state index contributed by atoms with van der Waals surface area (Å²) in [5.41, 5.74) is -1.20. The zero-order valence-electron chi connectivity index (χ0n) is 19.0. The molecule has 0 aliphatic heterocycles. The van der Waals surface area contributed by atoms with E-state index in [9.17, 15) is 14.4 Å². The highest BCUT2D eigenvalue weighted by Crippen LogP contribution is 2.67. The van der Waals surface area contributed by atoms with Crippen LogP contribution in [-0.4, -0.2) is 42.6 Å². The number of hydrogen-bond acceptors (Lipinski definition) is 6. The normalized spacial score (nSPS) is 47.6. The van der Waals surface area contributed by atoms with Crippen LogP contribution in [0.1, 0.15) is 79.1 Å². The number of methoxy groups -OCH3 is 1. The van der Waals surface area contributed by atoms with E-state index in [1.54, 1.807) is 7.11 Å². The Morgan fingerprint density at radius 3 is 2.27 bits per heavy atom. The molecule has 168 valence electrons. The lowest BCUT2D eigenvalue weighted by Crippen LogP contribution is -2.68. The van der Waals surface area contributed by atoms with Crippen molar-refractivity contribution in [3.63, 3.8) is 0 Å². The zero-order chi connectivity index (χ0) is 21.9. The fourth-order valence-corrected chi connectivity index (χ4v) is 8.09. The second kappa shape index (κ2) is 7.32. The molecule has 2 unspecified atom stereocenters. The lowest BCUT2D eigenvalue weighted by molar-refractivity contribution is -0.226. The number of Topliss-reactive ketones (excluding diaryl/α,β-unsaturated/α-hetero) is 1. The van der Waals surface area contributed by atoms with E-state index in [1.807, 2.05) is 0 Å². The monoisotopic (exact) mass is 420 g/mol. The minimum atomic E-state index is -0.881. The maximum atomic E-state index is 13.7. The Kier molecular flexibility index (Phi) is 5.32. The van der Waals surface area contributed by atoms with E-state index in [2.05, 4.69) is 13.8 Å². The Morgan fingerprint density at radius 1 is 0.933 bits per heavy atom. The van der Waals surface area contributed by atoms with Gasteiger partial charge >= 0.3 is 11.9 Å². The van der Waals surface area contributed by atoms with Crippen molar-refractivity contribution in [3.05, 3.63) is 0 Å². The summed E-state index contributed by atoms with van der Waals surface area (Å²) < 4.78 is 17.3. The molecular formula is C24H36O6. The van der Waals surface area contributed by atoms with Crippen LogP contribution in [-0.2, 0) is 28.6 Å². The van der Waals surface area contributed by atoms with E-state index in [0.717, 1.165) is 38.5 Å². The lowest BCUT2D eigenvalue weighted by atomic mass is 9.43. The molecule has 30 heavy (non-hydrogen) atoms. The first-order valence-electron chi connectivity index (χ1n) is 11.5. The van der Waals surface area contributed by atoms with Crippen LogP contribution in [0.5, 0.6) is 0 Å². The number of carbonyl (C=O) groups is 3. The summed E-state index contributed by atoms with van der Waals surface area (Å²) in [7, 11) is 1.64. The fraction of sp³-hybridized carbons (Fsp3) is 0.875. The standard InChI is InChI=1S/C24H36O6/c1-14(25)29-16-8-11-23(4)19-9-10-22(3)18(6-7-21(22)30-15(2)26)17(19)12-20(27)24(23,13-16)28-5/h16-19,21H,6-13H2,1-5H3/t16-,17-,18?,19?,21-,22-,23+,24-/m0/s1.